The van der Waals surface area contributed by atoms with Crippen LogP contribution in [0.2, 0.25) is 0 Å². The number of hydrogen-bond donors (Lipinski definition) is 0. The molecule has 0 radical (unpaired) electrons. The molecule has 0 saturated heterocycles. The Hall–Kier alpha value is -0.0900. The van der Waals surface area contributed by atoms with E-state index in [2.05, 4.69) is 26.0 Å². The van der Waals surface area contributed by atoms with E-state index in [9.17, 15) is 0 Å². The van der Waals surface area contributed by atoms with Gasteiger partial charge in [-0.15, -0.1) is 0 Å². The summed E-state index contributed by atoms with van der Waals surface area (Å²) in [4.78, 5) is 0. The molecule has 0 nitrogen and oxygen atoms in total. The highest BCUT2D eigenvalue weighted by Crippen LogP contribution is 2.61. The van der Waals surface area contributed by atoms with E-state index in [4.69, 9.17) is 0 Å². The number of rotatable bonds is 4. The van der Waals surface area contributed by atoms with Crippen LogP contribution in [0.3, 0.4) is 0 Å². The van der Waals surface area contributed by atoms with Crippen LogP contribution in [0, 0.1) is 0 Å². The third-order valence-electron chi connectivity index (χ3n) is 6.04. The molecule has 3 aliphatic carbocycles. The average molecular weight is 304 g/mol. The van der Waals surface area contributed by atoms with Crippen LogP contribution in [0.1, 0.15) is 84.5 Å². The van der Waals surface area contributed by atoms with Crippen LogP contribution >= 0.6 is 7.92 Å². The molecule has 0 amide bonds. The van der Waals surface area contributed by atoms with Gasteiger partial charge in [0, 0.05) is 0 Å². The molecule has 3 rings (SSSR count). The normalized spacial score (nSPS) is 26.8. The van der Waals surface area contributed by atoms with Crippen LogP contribution in [-0.4, -0.2) is 17.0 Å². The number of hydrogen-bond acceptors (Lipinski definition) is 0. The van der Waals surface area contributed by atoms with Crippen molar-refractivity contribution in [2.45, 2.75) is 101 Å². The van der Waals surface area contributed by atoms with Crippen LogP contribution < -0.4 is 0 Å². The van der Waals surface area contributed by atoms with E-state index in [0.717, 1.165) is 17.0 Å². The first-order valence-electron chi connectivity index (χ1n) is 9.39. The molecule has 0 N–H and O–H groups in total. The molecule has 118 valence electrons. The molecule has 1 atom stereocenters. The Balaban J connectivity index is 1.74. The Kier molecular flexibility index (Phi) is 5.60. The molecule has 2 fully saturated rings. The second-order valence-electron chi connectivity index (χ2n) is 7.64. The maximum absolute atomic E-state index is 2.59. The summed E-state index contributed by atoms with van der Waals surface area (Å²) in [5.74, 6) is 0. The fraction of sp³-hybridized carbons (Fsp3) is 0.800. The summed E-state index contributed by atoms with van der Waals surface area (Å²) in [7, 11) is 0.210. The smallest absolute Gasteiger partial charge is 0.00165 e. The summed E-state index contributed by atoms with van der Waals surface area (Å²) in [6.07, 6.45) is 21.4. The molecule has 1 heteroatoms. The second-order valence-corrected chi connectivity index (χ2v) is 10.8. The molecular formula is C20H33P. The summed E-state index contributed by atoms with van der Waals surface area (Å²) in [5.41, 5.74) is 6.43. The molecule has 0 bridgehead atoms. The van der Waals surface area contributed by atoms with Crippen molar-refractivity contribution < 1.29 is 0 Å². The minimum atomic E-state index is 0.210. The van der Waals surface area contributed by atoms with Crippen LogP contribution in [0.5, 0.6) is 0 Å². The summed E-state index contributed by atoms with van der Waals surface area (Å²) in [5, 5.41) is 0. The van der Waals surface area contributed by atoms with Gasteiger partial charge in [0.25, 0.3) is 0 Å². The van der Waals surface area contributed by atoms with Gasteiger partial charge in [0.15, 0.2) is 0 Å². The van der Waals surface area contributed by atoms with Gasteiger partial charge >= 0.3 is 0 Å². The minimum Gasteiger partial charge on any atom is -0.0932 e. The van der Waals surface area contributed by atoms with Gasteiger partial charge in [0.2, 0.25) is 0 Å². The highest BCUT2D eigenvalue weighted by molar-refractivity contribution is 7.60. The summed E-state index contributed by atoms with van der Waals surface area (Å²) >= 11 is 0. The monoisotopic (exact) mass is 304 g/mol. The predicted octanol–water partition coefficient (Wildman–Crippen LogP) is 6.80. The van der Waals surface area contributed by atoms with E-state index in [1.54, 1.807) is 36.8 Å². The zero-order valence-electron chi connectivity index (χ0n) is 14.1. The first-order chi connectivity index (χ1) is 10.3. The Morgan fingerprint density at radius 1 is 0.857 bits per heavy atom. The van der Waals surface area contributed by atoms with Crippen molar-refractivity contribution in [1.82, 2.24) is 0 Å². The van der Waals surface area contributed by atoms with E-state index in [1.807, 2.05) is 0 Å². The molecule has 0 unspecified atom stereocenters. The fourth-order valence-corrected chi connectivity index (χ4v) is 9.20. The highest BCUT2D eigenvalue weighted by atomic mass is 31.1. The van der Waals surface area contributed by atoms with Gasteiger partial charge in [-0.3, -0.25) is 0 Å². The van der Waals surface area contributed by atoms with Crippen molar-refractivity contribution in [3.8, 4) is 0 Å². The van der Waals surface area contributed by atoms with Gasteiger partial charge < -0.3 is 0 Å². The first-order valence-corrected chi connectivity index (χ1v) is 10.9. The quantitative estimate of drug-likeness (QED) is 0.501. The topological polar surface area (TPSA) is 0 Å². The predicted molar refractivity (Wildman–Crippen MR) is 96.6 cm³/mol. The Labute approximate surface area is 133 Å². The molecule has 0 aliphatic heterocycles. The van der Waals surface area contributed by atoms with E-state index in [-0.39, 0.29) is 7.92 Å². The van der Waals surface area contributed by atoms with E-state index in [1.165, 1.54) is 44.9 Å². The van der Waals surface area contributed by atoms with Crippen molar-refractivity contribution in [2.75, 3.05) is 0 Å². The van der Waals surface area contributed by atoms with E-state index >= 15 is 0 Å². The Bertz CT molecular complexity index is 376. The van der Waals surface area contributed by atoms with Crippen molar-refractivity contribution in [1.29, 1.82) is 0 Å². The van der Waals surface area contributed by atoms with Crippen LogP contribution in [0.15, 0.2) is 23.3 Å². The van der Waals surface area contributed by atoms with Crippen molar-refractivity contribution in [3.05, 3.63) is 23.3 Å². The second kappa shape index (κ2) is 7.45. The van der Waals surface area contributed by atoms with E-state index < -0.39 is 0 Å². The van der Waals surface area contributed by atoms with Gasteiger partial charge in [-0.2, -0.15) is 0 Å². The van der Waals surface area contributed by atoms with Crippen molar-refractivity contribution in [2.24, 2.45) is 0 Å². The van der Waals surface area contributed by atoms with Gasteiger partial charge in [0.1, 0.15) is 0 Å². The zero-order valence-corrected chi connectivity index (χ0v) is 15.0. The van der Waals surface area contributed by atoms with Crippen molar-refractivity contribution >= 4 is 7.92 Å². The Morgan fingerprint density at radius 2 is 1.38 bits per heavy atom. The van der Waals surface area contributed by atoms with Crippen LogP contribution in [0.4, 0.5) is 0 Å². The molecule has 0 aromatic carbocycles. The average Bonchev–Trinajstić information content (AvgIpc) is 2.96. The molecule has 0 aromatic heterocycles. The standard InChI is InChI=1S/C20H33P/c1-16-13-14-18(15-16)17(2)21(19-9-5-3-6-10-19)20-11-7-4-8-12-20/h13-14,17,19-20H,3-12,15H2,1-2H3/t17-/m1/s1. The highest BCUT2D eigenvalue weighted by Gasteiger charge is 2.35. The molecular weight excluding hydrogens is 271 g/mol. The molecule has 0 aromatic rings. The van der Waals surface area contributed by atoms with Gasteiger partial charge in [-0.25, -0.2) is 0 Å². The van der Waals surface area contributed by atoms with Gasteiger partial charge in [-0.1, -0.05) is 76.7 Å². The molecule has 21 heavy (non-hydrogen) atoms. The molecule has 0 heterocycles. The largest absolute Gasteiger partial charge is 0.0932 e. The maximum Gasteiger partial charge on any atom is -0.00165 e. The molecule has 2 saturated carbocycles. The van der Waals surface area contributed by atoms with Gasteiger partial charge in [-0.05, 0) is 56.0 Å². The first kappa shape index (κ1) is 15.8. The molecule has 0 spiro atoms. The third kappa shape index (κ3) is 3.82. The summed E-state index contributed by atoms with van der Waals surface area (Å²) < 4.78 is 0. The lowest BCUT2D eigenvalue weighted by Gasteiger charge is -2.42. The lowest BCUT2D eigenvalue weighted by Crippen LogP contribution is -2.26. The lowest BCUT2D eigenvalue weighted by molar-refractivity contribution is 0.482. The maximum atomic E-state index is 2.59. The SMILES string of the molecule is CC1=CC=C([C@@H](C)P(C2CCCCC2)C2CCCCC2)C1. The van der Waals surface area contributed by atoms with Gasteiger partial charge in [0.05, 0.1) is 0 Å². The minimum absolute atomic E-state index is 0.210. The van der Waals surface area contributed by atoms with Crippen LogP contribution in [-0.2, 0) is 0 Å². The third-order valence-corrected chi connectivity index (χ3v) is 9.99. The van der Waals surface area contributed by atoms with E-state index in [0.29, 0.717) is 0 Å². The van der Waals surface area contributed by atoms with Crippen molar-refractivity contribution in [3.63, 3.8) is 0 Å². The summed E-state index contributed by atoms with van der Waals surface area (Å²) in [6.45, 7) is 4.90. The Morgan fingerprint density at radius 3 is 1.81 bits per heavy atom. The fourth-order valence-electron chi connectivity index (χ4n) is 4.86. The van der Waals surface area contributed by atoms with Crippen LogP contribution in [0.25, 0.3) is 0 Å². The lowest BCUT2D eigenvalue weighted by atomic mass is 9.99. The summed E-state index contributed by atoms with van der Waals surface area (Å²) in [6, 6.07) is 0. The zero-order chi connectivity index (χ0) is 14.7. The number of allylic oxidation sites excluding steroid dienone is 4. The molecule has 3 aliphatic rings.